The number of carbonyl (C=O) groups is 2. The lowest BCUT2D eigenvalue weighted by molar-refractivity contribution is -0.718. The van der Waals surface area contributed by atoms with Gasteiger partial charge in [0.15, 0.2) is 6.04 Å². The topological polar surface area (TPSA) is 74.8 Å². The Balaban J connectivity index is 1.56. The Kier molecular flexibility index (Phi) is 4.64. The number of benzene rings is 1. The van der Waals surface area contributed by atoms with Gasteiger partial charge in [0, 0.05) is 17.1 Å². The summed E-state index contributed by atoms with van der Waals surface area (Å²) in [6.45, 7) is 0. The zero-order valence-corrected chi connectivity index (χ0v) is 13.1. The summed E-state index contributed by atoms with van der Waals surface area (Å²) in [6, 6.07) is 7.32. The van der Waals surface area contributed by atoms with Gasteiger partial charge < -0.3 is 16.0 Å². The van der Waals surface area contributed by atoms with Crippen LogP contribution in [0.15, 0.2) is 24.3 Å². The summed E-state index contributed by atoms with van der Waals surface area (Å²) < 4.78 is 0. The van der Waals surface area contributed by atoms with E-state index in [1.165, 1.54) is 12.8 Å². The van der Waals surface area contributed by atoms with Crippen molar-refractivity contribution in [2.24, 2.45) is 0 Å². The molecule has 0 aromatic heterocycles. The number of halogens is 1. The van der Waals surface area contributed by atoms with E-state index in [0.29, 0.717) is 16.8 Å². The molecule has 5 nitrogen and oxygen atoms in total. The molecule has 22 heavy (non-hydrogen) atoms. The van der Waals surface area contributed by atoms with Crippen molar-refractivity contribution < 1.29 is 14.9 Å². The maximum atomic E-state index is 12.1. The molecule has 0 spiro atoms. The molecule has 1 saturated carbocycles. The van der Waals surface area contributed by atoms with Crippen molar-refractivity contribution in [1.29, 1.82) is 0 Å². The average molecular weight is 323 g/mol. The van der Waals surface area contributed by atoms with E-state index in [1.807, 2.05) is 0 Å². The molecule has 0 bridgehead atoms. The van der Waals surface area contributed by atoms with Crippen LogP contribution in [0.2, 0.25) is 5.02 Å². The maximum Gasteiger partial charge on any atom is 0.279 e. The molecule has 118 valence electrons. The standard InChI is InChI=1S/C16H20ClN3O2/c17-10-5-7-11(8-6-10)18-15(21)9-14-16(22)20-13-4-2-1-3-12(13)19-14/h5-8,12-14,19H,1-4,9H2,(H,18,21)(H,20,22)/p+1/t12-,13+,14-/m0/s1. The molecular formula is C16H21ClN3O2+. The van der Waals surface area contributed by atoms with E-state index in [-0.39, 0.29) is 30.3 Å². The number of rotatable bonds is 3. The Bertz CT molecular complexity index is 561. The van der Waals surface area contributed by atoms with Crippen molar-refractivity contribution in [2.75, 3.05) is 5.32 Å². The van der Waals surface area contributed by atoms with Crippen LogP contribution in [0.25, 0.3) is 0 Å². The predicted molar refractivity (Wildman–Crippen MR) is 84.6 cm³/mol. The number of carbonyl (C=O) groups excluding carboxylic acids is 2. The number of amides is 2. The summed E-state index contributed by atoms with van der Waals surface area (Å²) >= 11 is 5.82. The molecular weight excluding hydrogens is 302 g/mol. The first-order valence-corrected chi connectivity index (χ1v) is 8.20. The van der Waals surface area contributed by atoms with Crippen LogP contribution in [0, 0.1) is 0 Å². The Morgan fingerprint density at radius 1 is 1.27 bits per heavy atom. The van der Waals surface area contributed by atoms with Crippen molar-refractivity contribution in [1.82, 2.24) is 5.32 Å². The first kappa shape index (κ1) is 15.3. The van der Waals surface area contributed by atoms with Crippen LogP contribution in [-0.4, -0.2) is 29.9 Å². The van der Waals surface area contributed by atoms with Crippen molar-refractivity contribution in [3.05, 3.63) is 29.3 Å². The molecule has 1 aromatic carbocycles. The monoisotopic (exact) mass is 322 g/mol. The maximum absolute atomic E-state index is 12.1. The van der Waals surface area contributed by atoms with Gasteiger partial charge >= 0.3 is 0 Å². The van der Waals surface area contributed by atoms with Gasteiger partial charge in [-0.25, -0.2) is 0 Å². The molecule has 1 saturated heterocycles. The van der Waals surface area contributed by atoms with E-state index in [4.69, 9.17) is 11.6 Å². The fraction of sp³-hybridized carbons (Fsp3) is 0.500. The molecule has 2 fully saturated rings. The van der Waals surface area contributed by atoms with Gasteiger partial charge in [-0.15, -0.1) is 0 Å². The molecule has 2 aliphatic rings. The zero-order chi connectivity index (χ0) is 15.5. The molecule has 1 aliphatic heterocycles. The highest BCUT2D eigenvalue weighted by Crippen LogP contribution is 2.19. The van der Waals surface area contributed by atoms with Gasteiger partial charge in [0.05, 0.1) is 12.5 Å². The van der Waals surface area contributed by atoms with Gasteiger partial charge in [-0.05, 0) is 37.1 Å². The third-order valence-electron chi connectivity index (χ3n) is 4.50. The second-order valence-electron chi connectivity index (χ2n) is 6.12. The summed E-state index contributed by atoms with van der Waals surface area (Å²) in [5.74, 6) is -0.164. The van der Waals surface area contributed by atoms with Gasteiger partial charge in [0.25, 0.3) is 5.91 Å². The molecule has 2 amide bonds. The smallest absolute Gasteiger partial charge is 0.279 e. The molecule has 6 heteroatoms. The normalized spacial score (nSPS) is 27.7. The van der Waals surface area contributed by atoms with Crippen molar-refractivity contribution in [3.63, 3.8) is 0 Å². The van der Waals surface area contributed by atoms with E-state index >= 15 is 0 Å². The highest BCUT2D eigenvalue weighted by molar-refractivity contribution is 6.30. The fourth-order valence-corrected chi connectivity index (χ4v) is 3.48. The molecule has 1 aliphatic carbocycles. The molecule has 4 N–H and O–H groups in total. The lowest BCUT2D eigenvalue weighted by atomic mass is 9.87. The van der Waals surface area contributed by atoms with E-state index in [0.717, 1.165) is 12.8 Å². The minimum atomic E-state index is -0.327. The van der Waals surface area contributed by atoms with Crippen LogP contribution < -0.4 is 16.0 Å². The Morgan fingerprint density at radius 2 is 2.00 bits per heavy atom. The van der Waals surface area contributed by atoms with E-state index in [2.05, 4.69) is 16.0 Å². The lowest BCUT2D eigenvalue weighted by Gasteiger charge is -2.37. The third kappa shape index (κ3) is 3.59. The Hall–Kier alpha value is -1.59. The summed E-state index contributed by atoms with van der Waals surface area (Å²) in [7, 11) is 0. The van der Waals surface area contributed by atoms with Gasteiger partial charge in [0.2, 0.25) is 5.91 Å². The average Bonchev–Trinajstić information content (AvgIpc) is 2.50. The van der Waals surface area contributed by atoms with Crippen LogP contribution in [0.3, 0.4) is 0 Å². The molecule has 1 aromatic rings. The summed E-state index contributed by atoms with van der Waals surface area (Å²) in [5, 5.41) is 8.60. The summed E-state index contributed by atoms with van der Waals surface area (Å²) in [4.78, 5) is 24.3. The van der Waals surface area contributed by atoms with E-state index in [1.54, 1.807) is 24.3 Å². The quantitative estimate of drug-likeness (QED) is 0.778. The van der Waals surface area contributed by atoms with E-state index in [9.17, 15) is 9.59 Å². The number of hydrogen-bond donors (Lipinski definition) is 3. The SMILES string of the molecule is O=C(C[C@@H]1[NH2+][C@H]2CCCC[C@H]2NC1=O)Nc1ccc(Cl)cc1. The second kappa shape index (κ2) is 6.67. The van der Waals surface area contributed by atoms with Crippen molar-refractivity contribution >= 4 is 29.1 Å². The molecule has 3 atom stereocenters. The highest BCUT2D eigenvalue weighted by atomic mass is 35.5. The minimum absolute atomic E-state index is 0.0191. The van der Waals surface area contributed by atoms with Crippen LogP contribution in [0.1, 0.15) is 32.1 Å². The highest BCUT2D eigenvalue weighted by Gasteiger charge is 2.40. The van der Waals surface area contributed by atoms with Crippen LogP contribution in [0.5, 0.6) is 0 Å². The van der Waals surface area contributed by atoms with Crippen LogP contribution >= 0.6 is 11.6 Å². The number of fused-ring (bicyclic) bond motifs is 1. The Labute approximate surface area is 134 Å². The predicted octanol–water partition coefficient (Wildman–Crippen LogP) is 1.04. The van der Waals surface area contributed by atoms with Gasteiger partial charge in [-0.2, -0.15) is 0 Å². The molecule has 0 unspecified atom stereocenters. The first-order valence-electron chi connectivity index (χ1n) is 7.82. The van der Waals surface area contributed by atoms with Gasteiger partial charge in [0.1, 0.15) is 6.04 Å². The number of piperazine rings is 1. The van der Waals surface area contributed by atoms with Crippen LogP contribution in [0.4, 0.5) is 5.69 Å². The van der Waals surface area contributed by atoms with E-state index < -0.39 is 0 Å². The molecule has 3 rings (SSSR count). The number of anilines is 1. The third-order valence-corrected chi connectivity index (χ3v) is 4.75. The number of nitrogens with two attached hydrogens (primary N) is 1. The van der Waals surface area contributed by atoms with Crippen molar-refractivity contribution in [3.8, 4) is 0 Å². The van der Waals surface area contributed by atoms with Crippen molar-refractivity contribution in [2.45, 2.75) is 50.2 Å². The lowest BCUT2D eigenvalue weighted by Crippen LogP contribution is -3.03. The summed E-state index contributed by atoms with van der Waals surface area (Å²) in [5.41, 5.74) is 0.696. The number of hydrogen-bond acceptors (Lipinski definition) is 2. The largest absolute Gasteiger partial charge is 0.342 e. The molecule has 0 radical (unpaired) electrons. The van der Waals surface area contributed by atoms with Gasteiger partial charge in [-0.1, -0.05) is 18.0 Å². The Morgan fingerprint density at radius 3 is 2.77 bits per heavy atom. The first-order chi connectivity index (χ1) is 10.6. The summed E-state index contributed by atoms with van der Waals surface area (Å²) in [6.07, 6.45) is 4.74. The zero-order valence-electron chi connectivity index (χ0n) is 12.3. The van der Waals surface area contributed by atoms with Crippen LogP contribution in [-0.2, 0) is 9.59 Å². The molecule has 1 heterocycles. The fourth-order valence-electron chi connectivity index (χ4n) is 3.35. The second-order valence-corrected chi connectivity index (χ2v) is 6.56. The minimum Gasteiger partial charge on any atom is -0.342 e. The number of nitrogens with one attached hydrogen (secondary N) is 2. The number of quaternary nitrogens is 1. The van der Waals surface area contributed by atoms with Gasteiger partial charge in [-0.3, -0.25) is 9.59 Å².